The van der Waals surface area contributed by atoms with Gasteiger partial charge >= 0.3 is 0 Å². The number of nitrogens with two attached hydrogens (primary N) is 1. The van der Waals surface area contributed by atoms with Gasteiger partial charge in [-0.1, -0.05) is 0 Å². The Balaban J connectivity index is 1.86. The van der Waals surface area contributed by atoms with Gasteiger partial charge in [-0.25, -0.2) is 5.43 Å². The van der Waals surface area contributed by atoms with Gasteiger partial charge in [0.1, 0.15) is 0 Å². The predicted molar refractivity (Wildman–Crippen MR) is 78.4 cm³/mol. The maximum Gasteiger partial charge on any atom is 0.234 e. The highest BCUT2D eigenvalue weighted by atomic mass is 15.4. The van der Waals surface area contributed by atoms with Crippen LogP contribution in [0.4, 0.5) is 0 Å². The van der Waals surface area contributed by atoms with Crippen LogP contribution in [-0.2, 0) is 0 Å². The van der Waals surface area contributed by atoms with Crippen molar-refractivity contribution in [3.8, 4) is 0 Å². The van der Waals surface area contributed by atoms with Gasteiger partial charge in [-0.3, -0.25) is 9.97 Å². The summed E-state index contributed by atoms with van der Waals surface area (Å²) >= 11 is 0. The monoisotopic (exact) mass is 267 g/mol. The van der Waals surface area contributed by atoms with Gasteiger partial charge in [0.25, 0.3) is 0 Å². The highest BCUT2D eigenvalue weighted by Crippen LogP contribution is 1.91. The first-order valence-corrected chi connectivity index (χ1v) is 5.80. The van der Waals surface area contributed by atoms with Crippen molar-refractivity contribution in [3.05, 3.63) is 60.2 Å². The number of aromatic nitrogens is 2. The van der Waals surface area contributed by atoms with Crippen molar-refractivity contribution >= 4 is 18.4 Å². The lowest BCUT2D eigenvalue weighted by Crippen LogP contribution is -2.26. The third kappa shape index (κ3) is 4.65. The molecule has 0 bridgehead atoms. The number of hydrazone groups is 1. The lowest BCUT2D eigenvalue weighted by molar-refractivity contribution is 0.994. The zero-order valence-corrected chi connectivity index (χ0v) is 10.6. The van der Waals surface area contributed by atoms with Crippen LogP contribution in [0.1, 0.15) is 11.1 Å². The van der Waals surface area contributed by atoms with Gasteiger partial charge in [-0.15, -0.1) is 5.10 Å². The van der Waals surface area contributed by atoms with Gasteiger partial charge < -0.3 is 5.73 Å². The molecule has 0 unspecified atom stereocenters. The first-order chi connectivity index (χ1) is 9.84. The van der Waals surface area contributed by atoms with Gasteiger partial charge in [0.2, 0.25) is 5.96 Å². The van der Waals surface area contributed by atoms with E-state index in [9.17, 15) is 0 Å². The quantitative estimate of drug-likeness (QED) is 0.485. The SMILES string of the molecule is N/C(=N/N=Cc1ccncc1)N/N=C/c1ccncc1. The number of guanidine groups is 1. The molecule has 20 heavy (non-hydrogen) atoms. The van der Waals surface area contributed by atoms with Crippen molar-refractivity contribution < 1.29 is 0 Å². The molecular weight excluding hydrogens is 254 g/mol. The molecule has 0 radical (unpaired) electrons. The predicted octanol–water partition coefficient (Wildman–Crippen LogP) is 0.749. The van der Waals surface area contributed by atoms with E-state index in [2.05, 4.69) is 30.7 Å². The van der Waals surface area contributed by atoms with E-state index in [-0.39, 0.29) is 5.96 Å². The van der Waals surface area contributed by atoms with E-state index in [4.69, 9.17) is 5.73 Å². The maximum atomic E-state index is 5.59. The standard InChI is InChI=1S/C13H13N7/c14-13(19-17-9-11-1-5-15-6-2-11)20-18-10-12-3-7-16-8-4-12/h1-10H,(H3,14,19,20)/b17-9+,18-10?. The summed E-state index contributed by atoms with van der Waals surface area (Å²) in [6.45, 7) is 0. The fourth-order valence-corrected chi connectivity index (χ4v) is 1.25. The first-order valence-electron chi connectivity index (χ1n) is 5.80. The second kappa shape index (κ2) is 7.37. The van der Waals surface area contributed by atoms with Crippen molar-refractivity contribution in [3.63, 3.8) is 0 Å². The number of nitrogens with zero attached hydrogens (tertiary/aromatic N) is 5. The number of rotatable bonds is 4. The van der Waals surface area contributed by atoms with Crippen LogP contribution < -0.4 is 11.2 Å². The van der Waals surface area contributed by atoms with Crippen molar-refractivity contribution in [1.82, 2.24) is 15.4 Å². The second-order valence-corrected chi connectivity index (χ2v) is 3.66. The lowest BCUT2D eigenvalue weighted by atomic mass is 10.3. The van der Waals surface area contributed by atoms with E-state index < -0.39 is 0 Å². The average Bonchev–Trinajstić information content (AvgIpc) is 2.49. The summed E-state index contributed by atoms with van der Waals surface area (Å²) in [6, 6.07) is 7.26. The molecule has 0 saturated heterocycles. The second-order valence-electron chi connectivity index (χ2n) is 3.66. The Hall–Kier alpha value is -3.09. The summed E-state index contributed by atoms with van der Waals surface area (Å²) < 4.78 is 0. The lowest BCUT2D eigenvalue weighted by Gasteiger charge is -1.95. The third-order valence-electron chi connectivity index (χ3n) is 2.18. The van der Waals surface area contributed by atoms with E-state index in [1.165, 1.54) is 0 Å². The molecule has 2 rings (SSSR count). The van der Waals surface area contributed by atoms with E-state index in [1.54, 1.807) is 37.2 Å². The van der Waals surface area contributed by atoms with Gasteiger partial charge in [0.15, 0.2) is 0 Å². The molecule has 100 valence electrons. The molecule has 0 spiro atoms. The highest BCUT2D eigenvalue weighted by Gasteiger charge is 1.88. The van der Waals surface area contributed by atoms with Crippen LogP contribution in [0.2, 0.25) is 0 Å². The molecule has 0 aliphatic carbocycles. The Morgan fingerprint density at radius 3 is 2.10 bits per heavy atom. The van der Waals surface area contributed by atoms with Gasteiger partial charge in [-0.2, -0.15) is 10.2 Å². The molecule has 0 amide bonds. The molecule has 0 aliphatic rings. The molecule has 7 heteroatoms. The van der Waals surface area contributed by atoms with E-state index >= 15 is 0 Å². The minimum absolute atomic E-state index is 0.0978. The Morgan fingerprint density at radius 1 is 0.950 bits per heavy atom. The number of hydrogen-bond acceptors (Lipinski definition) is 5. The maximum absolute atomic E-state index is 5.59. The molecule has 0 atom stereocenters. The summed E-state index contributed by atoms with van der Waals surface area (Å²) in [5, 5.41) is 11.5. The summed E-state index contributed by atoms with van der Waals surface area (Å²) in [6.07, 6.45) is 9.88. The zero-order valence-electron chi connectivity index (χ0n) is 10.6. The number of nitrogens with one attached hydrogen (secondary N) is 1. The summed E-state index contributed by atoms with van der Waals surface area (Å²) in [7, 11) is 0. The molecule has 2 aromatic rings. The van der Waals surface area contributed by atoms with Crippen LogP contribution in [0.5, 0.6) is 0 Å². The molecule has 3 N–H and O–H groups in total. The van der Waals surface area contributed by atoms with Crippen molar-refractivity contribution in [2.24, 2.45) is 21.0 Å². The van der Waals surface area contributed by atoms with E-state index in [0.717, 1.165) is 11.1 Å². The number of pyridine rings is 2. The van der Waals surface area contributed by atoms with Gasteiger partial charge in [0.05, 0.1) is 12.4 Å². The molecule has 2 aromatic heterocycles. The van der Waals surface area contributed by atoms with Crippen LogP contribution in [0.15, 0.2) is 64.4 Å². The molecule has 0 aromatic carbocycles. The topological polar surface area (TPSA) is 101 Å². The van der Waals surface area contributed by atoms with Crippen LogP contribution in [0.3, 0.4) is 0 Å². The summed E-state index contributed by atoms with van der Waals surface area (Å²) in [5.74, 6) is 0.0978. The fraction of sp³-hybridized carbons (Fsp3) is 0. The normalized spacial score (nSPS) is 12.1. The van der Waals surface area contributed by atoms with Crippen LogP contribution in [0.25, 0.3) is 0 Å². The molecular formula is C13H13N7. The largest absolute Gasteiger partial charge is 0.367 e. The third-order valence-corrected chi connectivity index (χ3v) is 2.18. The zero-order chi connectivity index (χ0) is 14.0. The average molecular weight is 267 g/mol. The van der Waals surface area contributed by atoms with Gasteiger partial charge in [0, 0.05) is 24.8 Å². The number of hydrogen-bond donors (Lipinski definition) is 2. The van der Waals surface area contributed by atoms with Crippen LogP contribution in [0, 0.1) is 0 Å². The molecule has 0 saturated carbocycles. The van der Waals surface area contributed by atoms with E-state index in [0.29, 0.717) is 0 Å². The van der Waals surface area contributed by atoms with E-state index in [1.807, 2.05) is 24.3 Å². The highest BCUT2D eigenvalue weighted by molar-refractivity contribution is 5.84. The molecule has 0 aliphatic heterocycles. The molecule has 7 nitrogen and oxygen atoms in total. The fourth-order valence-electron chi connectivity index (χ4n) is 1.25. The summed E-state index contributed by atoms with van der Waals surface area (Å²) in [4.78, 5) is 7.80. The Morgan fingerprint density at radius 2 is 1.50 bits per heavy atom. The van der Waals surface area contributed by atoms with Crippen molar-refractivity contribution in [2.75, 3.05) is 0 Å². The molecule has 2 heterocycles. The van der Waals surface area contributed by atoms with Crippen LogP contribution >= 0.6 is 0 Å². The minimum Gasteiger partial charge on any atom is -0.367 e. The summed E-state index contributed by atoms with van der Waals surface area (Å²) in [5.41, 5.74) is 9.95. The van der Waals surface area contributed by atoms with Crippen LogP contribution in [-0.4, -0.2) is 28.4 Å². The smallest absolute Gasteiger partial charge is 0.234 e. The van der Waals surface area contributed by atoms with Crippen molar-refractivity contribution in [1.29, 1.82) is 0 Å². The minimum atomic E-state index is 0.0978. The van der Waals surface area contributed by atoms with Gasteiger partial charge in [-0.05, 0) is 35.4 Å². The Kier molecular flexibility index (Phi) is 4.92. The Labute approximate surface area is 116 Å². The first kappa shape index (κ1) is 13.3. The Bertz CT molecular complexity index is 605. The van der Waals surface area contributed by atoms with Crippen molar-refractivity contribution in [2.45, 2.75) is 0 Å². The molecule has 0 fully saturated rings.